The summed E-state index contributed by atoms with van der Waals surface area (Å²) in [7, 11) is 0. The van der Waals surface area contributed by atoms with Gasteiger partial charge in [-0.25, -0.2) is 0 Å². The highest BCUT2D eigenvalue weighted by molar-refractivity contribution is 9.10. The zero-order valence-corrected chi connectivity index (χ0v) is 14.3. The molecule has 0 spiro atoms. The van der Waals surface area contributed by atoms with Gasteiger partial charge in [-0.3, -0.25) is 4.79 Å². The number of fused-ring (bicyclic) bond motifs is 1. The Labute approximate surface area is 140 Å². The molecule has 1 aromatic heterocycles. The number of amides is 1. The van der Waals surface area contributed by atoms with Crippen molar-refractivity contribution in [3.05, 3.63) is 27.2 Å². The molecule has 0 aliphatic carbocycles. The number of ether oxygens (including phenoxy) is 2. The summed E-state index contributed by atoms with van der Waals surface area (Å²) < 4.78 is 11.9. The summed E-state index contributed by atoms with van der Waals surface area (Å²) in [4.78, 5) is 12.1. The average Bonchev–Trinajstić information content (AvgIpc) is 2.95. The van der Waals surface area contributed by atoms with Gasteiger partial charge in [0, 0.05) is 4.47 Å². The van der Waals surface area contributed by atoms with Crippen LogP contribution in [0.15, 0.2) is 16.6 Å². The maximum absolute atomic E-state index is 12.1. The van der Waals surface area contributed by atoms with Crippen molar-refractivity contribution in [2.75, 3.05) is 18.5 Å². The number of hydrogen-bond acceptors (Lipinski definition) is 6. The minimum Gasteiger partial charge on any atom is -0.486 e. The third kappa shape index (κ3) is 3.38. The van der Waals surface area contributed by atoms with Crippen molar-refractivity contribution in [1.82, 2.24) is 10.2 Å². The lowest BCUT2D eigenvalue weighted by molar-refractivity contribution is -0.115. The second kappa shape index (κ2) is 6.62. The fourth-order valence-corrected chi connectivity index (χ4v) is 3.18. The van der Waals surface area contributed by atoms with E-state index in [-0.39, 0.29) is 12.3 Å². The molecule has 1 amide bonds. The molecule has 22 heavy (non-hydrogen) atoms. The fourth-order valence-electron chi connectivity index (χ4n) is 2.02. The molecule has 0 saturated heterocycles. The molecular formula is C14H14BrN3O3S. The summed E-state index contributed by atoms with van der Waals surface area (Å²) in [5.74, 6) is 1.22. The smallest absolute Gasteiger partial charge is 0.230 e. The maximum Gasteiger partial charge on any atom is 0.230 e. The number of nitrogens with one attached hydrogen (secondary N) is 1. The number of rotatable bonds is 4. The van der Waals surface area contributed by atoms with Gasteiger partial charge in [0.1, 0.15) is 18.2 Å². The van der Waals surface area contributed by atoms with Crippen molar-refractivity contribution in [2.45, 2.75) is 19.8 Å². The number of anilines is 1. The number of halogens is 1. The monoisotopic (exact) mass is 383 g/mol. The van der Waals surface area contributed by atoms with E-state index < -0.39 is 0 Å². The summed E-state index contributed by atoms with van der Waals surface area (Å²) in [5.41, 5.74) is 0.835. The van der Waals surface area contributed by atoms with E-state index in [2.05, 4.69) is 31.4 Å². The molecule has 2 aromatic rings. The Morgan fingerprint density at radius 1 is 1.32 bits per heavy atom. The number of carbonyl (C=O) groups is 1. The van der Waals surface area contributed by atoms with Crippen molar-refractivity contribution in [3.8, 4) is 11.5 Å². The molecule has 0 fully saturated rings. The van der Waals surface area contributed by atoms with Crippen LogP contribution in [0.4, 0.5) is 5.13 Å². The van der Waals surface area contributed by atoms with Gasteiger partial charge in [0.05, 0.1) is 6.42 Å². The first-order valence-corrected chi connectivity index (χ1v) is 8.47. The minimum absolute atomic E-state index is 0.142. The number of hydrogen-bond donors (Lipinski definition) is 1. The van der Waals surface area contributed by atoms with E-state index in [1.807, 2.05) is 19.1 Å². The standard InChI is InChI=1S/C14H14BrN3O3S/c1-2-13-17-18-14(22-13)16-12(19)6-8-5-10-11(7-9(8)15)21-4-3-20-10/h5,7H,2-4,6H2,1H3,(H,16,18,19). The van der Waals surface area contributed by atoms with Crippen LogP contribution in [-0.2, 0) is 17.6 Å². The van der Waals surface area contributed by atoms with E-state index in [1.165, 1.54) is 11.3 Å². The first-order chi connectivity index (χ1) is 10.7. The summed E-state index contributed by atoms with van der Waals surface area (Å²) in [6.45, 7) is 3.05. The topological polar surface area (TPSA) is 73.3 Å². The fraction of sp³-hybridized carbons (Fsp3) is 0.357. The van der Waals surface area contributed by atoms with E-state index in [0.29, 0.717) is 29.8 Å². The van der Waals surface area contributed by atoms with Crippen LogP contribution in [0.1, 0.15) is 17.5 Å². The Morgan fingerprint density at radius 3 is 2.73 bits per heavy atom. The van der Waals surface area contributed by atoms with Gasteiger partial charge in [0.25, 0.3) is 0 Å². The van der Waals surface area contributed by atoms with Crippen LogP contribution in [0.25, 0.3) is 0 Å². The van der Waals surface area contributed by atoms with Crippen LogP contribution in [0.3, 0.4) is 0 Å². The molecule has 116 valence electrons. The normalized spacial score (nSPS) is 13.0. The Hall–Kier alpha value is -1.67. The lowest BCUT2D eigenvalue weighted by Gasteiger charge is -2.19. The SMILES string of the molecule is CCc1nnc(NC(=O)Cc2cc3c(cc2Br)OCCO3)s1. The van der Waals surface area contributed by atoms with Crippen LogP contribution >= 0.6 is 27.3 Å². The van der Waals surface area contributed by atoms with Crippen LogP contribution in [0.5, 0.6) is 11.5 Å². The molecule has 0 unspecified atom stereocenters. The predicted octanol–water partition coefficient (Wildman–Crippen LogP) is 2.82. The van der Waals surface area contributed by atoms with Gasteiger partial charge in [-0.05, 0) is 24.1 Å². The summed E-state index contributed by atoms with van der Waals surface area (Å²) >= 11 is 4.85. The molecule has 0 radical (unpaired) electrons. The summed E-state index contributed by atoms with van der Waals surface area (Å²) in [5, 5.41) is 12.1. The summed E-state index contributed by atoms with van der Waals surface area (Å²) in [6, 6.07) is 3.66. The zero-order valence-electron chi connectivity index (χ0n) is 11.9. The lowest BCUT2D eigenvalue weighted by atomic mass is 10.1. The minimum atomic E-state index is -0.142. The number of aromatic nitrogens is 2. The van der Waals surface area contributed by atoms with Crippen molar-refractivity contribution < 1.29 is 14.3 Å². The van der Waals surface area contributed by atoms with E-state index >= 15 is 0 Å². The van der Waals surface area contributed by atoms with Crippen molar-refractivity contribution in [2.24, 2.45) is 0 Å². The van der Waals surface area contributed by atoms with Crippen molar-refractivity contribution >= 4 is 38.3 Å². The predicted molar refractivity (Wildman–Crippen MR) is 86.8 cm³/mol. The number of benzene rings is 1. The van der Waals surface area contributed by atoms with Gasteiger partial charge >= 0.3 is 0 Å². The highest BCUT2D eigenvalue weighted by atomic mass is 79.9. The van der Waals surface area contributed by atoms with Gasteiger partial charge < -0.3 is 14.8 Å². The average molecular weight is 384 g/mol. The Morgan fingerprint density at radius 2 is 2.05 bits per heavy atom. The third-order valence-corrected chi connectivity index (χ3v) is 4.80. The van der Waals surface area contributed by atoms with Gasteiger partial charge in [0.2, 0.25) is 11.0 Å². The zero-order chi connectivity index (χ0) is 15.5. The number of aryl methyl sites for hydroxylation is 1. The lowest BCUT2D eigenvalue weighted by Crippen LogP contribution is -2.17. The largest absolute Gasteiger partial charge is 0.486 e. The first-order valence-electron chi connectivity index (χ1n) is 6.86. The van der Waals surface area contributed by atoms with Crippen LogP contribution < -0.4 is 14.8 Å². The van der Waals surface area contributed by atoms with Gasteiger partial charge in [-0.15, -0.1) is 10.2 Å². The molecule has 8 heteroatoms. The molecule has 1 N–H and O–H groups in total. The second-order valence-corrected chi connectivity index (χ2v) is 6.58. The van der Waals surface area contributed by atoms with Crippen molar-refractivity contribution in [1.29, 1.82) is 0 Å². The highest BCUT2D eigenvalue weighted by Crippen LogP contribution is 2.35. The van der Waals surface area contributed by atoms with Gasteiger partial charge in [-0.1, -0.05) is 34.2 Å². The molecule has 6 nitrogen and oxygen atoms in total. The van der Waals surface area contributed by atoms with E-state index in [0.717, 1.165) is 21.5 Å². The van der Waals surface area contributed by atoms with Crippen molar-refractivity contribution in [3.63, 3.8) is 0 Å². The molecular weight excluding hydrogens is 370 g/mol. The number of nitrogens with zero attached hydrogens (tertiary/aromatic N) is 2. The highest BCUT2D eigenvalue weighted by Gasteiger charge is 2.17. The molecule has 1 aliphatic heterocycles. The molecule has 0 bridgehead atoms. The van der Waals surface area contributed by atoms with Gasteiger partial charge in [-0.2, -0.15) is 0 Å². The third-order valence-electron chi connectivity index (χ3n) is 3.08. The Bertz CT molecular complexity index is 705. The van der Waals surface area contributed by atoms with Crippen LogP contribution in [0.2, 0.25) is 0 Å². The molecule has 1 aliphatic rings. The molecule has 3 rings (SSSR count). The quantitative estimate of drug-likeness (QED) is 0.878. The van der Waals surface area contributed by atoms with E-state index in [4.69, 9.17) is 9.47 Å². The van der Waals surface area contributed by atoms with Crippen LogP contribution in [0, 0.1) is 0 Å². The Balaban J connectivity index is 1.70. The molecule has 1 aromatic carbocycles. The maximum atomic E-state index is 12.1. The number of carbonyl (C=O) groups excluding carboxylic acids is 1. The van der Waals surface area contributed by atoms with E-state index in [1.54, 1.807) is 0 Å². The Kier molecular flexibility index (Phi) is 4.58. The van der Waals surface area contributed by atoms with Crippen LogP contribution in [-0.4, -0.2) is 29.3 Å². The molecule has 0 saturated carbocycles. The summed E-state index contributed by atoms with van der Waals surface area (Å²) in [6.07, 6.45) is 1.03. The van der Waals surface area contributed by atoms with Gasteiger partial charge in [0.15, 0.2) is 11.5 Å². The van der Waals surface area contributed by atoms with E-state index in [9.17, 15) is 4.79 Å². The second-order valence-electron chi connectivity index (χ2n) is 4.67. The molecule has 2 heterocycles. The molecule has 0 atom stereocenters. The first kappa shape index (κ1) is 15.2.